The largest absolute Gasteiger partial charge is 0.480 e. The highest BCUT2D eigenvalue weighted by Gasteiger charge is 2.25. The smallest absolute Gasteiger partial charge is 0.323 e. The zero-order valence-corrected chi connectivity index (χ0v) is 10.7. The Labute approximate surface area is 97.0 Å². The quantitative estimate of drug-likeness (QED) is 0.781. The number of carbonyl (C=O) groups is 2. The Bertz CT molecular complexity index is 254. The van der Waals surface area contributed by atoms with E-state index in [9.17, 15) is 9.59 Å². The van der Waals surface area contributed by atoms with E-state index in [0.717, 1.165) is 6.42 Å². The Morgan fingerprint density at radius 3 is 2.06 bits per heavy atom. The van der Waals surface area contributed by atoms with Gasteiger partial charge >= 0.3 is 12.0 Å². The normalized spacial score (nSPS) is 12.4. The first-order valence-corrected chi connectivity index (χ1v) is 5.56. The minimum absolute atomic E-state index is 0.0628. The van der Waals surface area contributed by atoms with Gasteiger partial charge in [0.2, 0.25) is 0 Å². The van der Waals surface area contributed by atoms with Gasteiger partial charge in [-0.15, -0.1) is 0 Å². The number of amides is 2. The summed E-state index contributed by atoms with van der Waals surface area (Å²) in [5, 5.41) is 8.79. The summed E-state index contributed by atoms with van der Waals surface area (Å²) in [7, 11) is 1.68. The molecule has 5 heteroatoms. The van der Waals surface area contributed by atoms with Crippen molar-refractivity contribution in [2.75, 3.05) is 13.6 Å². The van der Waals surface area contributed by atoms with E-state index < -0.39 is 5.97 Å². The molecule has 0 aromatic carbocycles. The number of nitrogens with zero attached hydrogens (tertiary/aromatic N) is 2. The minimum atomic E-state index is -0.981. The molecule has 0 heterocycles. The lowest BCUT2D eigenvalue weighted by atomic mass is 10.2. The predicted octanol–water partition coefficient (Wildman–Crippen LogP) is 1.63. The summed E-state index contributed by atoms with van der Waals surface area (Å²) in [5.41, 5.74) is 0. The van der Waals surface area contributed by atoms with Crippen LogP contribution in [0.4, 0.5) is 4.79 Å². The van der Waals surface area contributed by atoms with Gasteiger partial charge in [0, 0.05) is 19.1 Å². The van der Waals surface area contributed by atoms with Crippen LogP contribution in [-0.2, 0) is 4.79 Å². The number of rotatable bonds is 5. The van der Waals surface area contributed by atoms with Crippen molar-refractivity contribution in [2.45, 2.75) is 46.2 Å². The molecule has 0 aliphatic rings. The highest BCUT2D eigenvalue weighted by atomic mass is 16.4. The van der Waals surface area contributed by atoms with Gasteiger partial charge in [-0.05, 0) is 27.2 Å². The molecule has 0 fully saturated rings. The molecule has 0 rings (SSSR count). The van der Waals surface area contributed by atoms with Gasteiger partial charge < -0.3 is 14.9 Å². The SMILES string of the molecule is CCC(C)N(CC(=O)O)C(=O)N(C)C(C)C. The van der Waals surface area contributed by atoms with Crippen LogP contribution in [0.1, 0.15) is 34.1 Å². The Balaban J connectivity index is 4.75. The van der Waals surface area contributed by atoms with Crippen LogP contribution in [0.5, 0.6) is 0 Å². The number of carbonyl (C=O) groups excluding carboxylic acids is 1. The van der Waals surface area contributed by atoms with E-state index in [0.29, 0.717) is 0 Å². The molecule has 1 unspecified atom stereocenters. The fourth-order valence-electron chi connectivity index (χ4n) is 1.20. The van der Waals surface area contributed by atoms with Crippen molar-refractivity contribution in [3.05, 3.63) is 0 Å². The lowest BCUT2D eigenvalue weighted by molar-refractivity contribution is -0.138. The minimum Gasteiger partial charge on any atom is -0.480 e. The van der Waals surface area contributed by atoms with Crippen molar-refractivity contribution in [1.29, 1.82) is 0 Å². The van der Waals surface area contributed by atoms with Crippen molar-refractivity contribution >= 4 is 12.0 Å². The van der Waals surface area contributed by atoms with Gasteiger partial charge in [-0.25, -0.2) is 4.79 Å². The van der Waals surface area contributed by atoms with E-state index >= 15 is 0 Å². The molecular weight excluding hydrogens is 208 g/mol. The fraction of sp³-hybridized carbons (Fsp3) is 0.818. The summed E-state index contributed by atoms with van der Waals surface area (Å²) in [6.07, 6.45) is 0.741. The highest BCUT2D eigenvalue weighted by molar-refractivity contribution is 5.80. The van der Waals surface area contributed by atoms with Crippen molar-refractivity contribution in [1.82, 2.24) is 9.80 Å². The maximum Gasteiger partial charge on any atom is 0.323 e. The van der Waals surface area contributed by atoms with Gasteiger partial charge in [0.25, 0.3) is 0 Å². The average molecular weight is 230 g/mol. The lowest BCUT2D eigenvalue weighted by Gasteiger charge is -2.33. The molecular formula is C11H22N2O3. The molecule has 2 amide bonds. The molecule has 0 radical (unpaired) electrons. The van der Waals surface area contributed by atoms with Gasteiger partial charge in [0.15, 0.2) is 0 Å². The average Bonchev–Trinajstić information content (AvgIpc) is 2.22. The summed E-state index contributed by atoms with van der Waals surface area (Å²) in [6, 6.07) is -0.232. The molecule has 5 nitrogen and oxygen atoms in total. The molecule has 0 aromatic rings. The third-order valence-corrected chi connectivity index (χ3v) is 2.75. The number of urea groups is 1. The standard InChI is InChI=1S/C11H22N2O3/c1-6-9(4)13(7-10(14)15)11(16)12(5)8(2)3/h8-9H,6-7H2,1-5H3,(H,14,15). The summed E-state index contributed by atoms with van der Waals surface area (Å²) < 4.78 is 0. The number of carboxylic acids is 1. The van der Waals surface area contributed by atoms with Crippen molar-refractivity contribution in [3.63, 3.8) is 0 Å². The van der Waals surface area contributed by atoms with Crippen LogP contribution < -0.4 is 0 Å². The zero-order chi connectivity index (χ0) is 12.9. The molecule has 0 aliphatic heterocycles. The summed E-state index contributed by atoms with van der Waals surface area (Å²) in [4.78, 5) is 25.7. The topological polar surface area (TPSA) is 60.9 Å². The monoisotopic (exact) mass is 230 g/mol. The van der Waals surface area contributed by atoms with Crippen LogP contribution in [0.3, 0.4) is 0 Å². The van der Waals surface area contributed by atoms with Crippen molar-refractivity contribution in [3.8, 4) is 0 Å². The number of carboxylic acid groups (broad SMARTS) is 1. The van der Waals surface area contributed by atoms with Crippen molar-refractivity contribution < 1.29 is 14.7 Å². The van der Waals surface area contributed by atoms with E-state index in [-0.39, 0.29) is 24.7 Å². The summed E-state index contributed by atoms with van der Waals surface area (Å²) >= 11 is 0. The van der Waals surface area contributed by atoms with Crippen LogP contribution in [0.25, 0.3) is 0 Å². The maximum atomic E-state index is 12.0. The first-order chi connectivity index (χ1) is 7.31. The van der Waals surface area contributed by atoms with Crippen LogP contribution in [0.2, 0.25) is 0 Å². The maximum absolute atomic E-state index is 12.0. The third-order valence-electron chi connectivity index (χ3n) is 2.75. The predicted molar refractivity (Wildman–Crippen MR) is 62.4 cm³/mol. The molecule has 0 saturated carbocycles. The zero-order valence-electron chi connectivity index (χ0n) is 10.7. The lowest BCUT2D eigenvalue weighted by Crippen LogP contribution is -2.49. The first-order valence-electron chi connectivity index (χ1n) is 5.56. The Kier molecular flexibility index (Phi) is 5.85. The summed E-state index contributed by atoms with van der Waals surface area (Å²) in [6.45, 7) is 7.34. The van der Waals surface area contributed by atoms with Crippen LogP contribution >= 0.6 is 0 Å². The van der Waals surface area contributed by atoms with Gasteiger partial charge in [0.05, 0.1) is 0 Å². The van der Waals surface area contributed by atoms with Gasteiger partial charge in [0.1, 0.15) is 6.54 Å². The molecule has 94 valence electrons. The van der Waals surface area contributed by atoms with E-state index in [1.807, 2.05) is 27.7 Å². The molecule has 0 bridgehead atoms. The number of aliphatic carboxylic acids is 1. The molecule has 1 N–H and O–H groups in total. The fourth-order valence-corrected chi connectivity index (χ4v) is 1.20. The molecule has 0 aliphatic carbocycles. The second-order valence-corrected chi connectivity index (χ2v) is 4.27. The Hall–Kier alpha value is -1.26. The number of hydrogen-bond donors (Lipinski definition) is 1. The highest BCUT2D eigenvalue weighted by Crippen LogP contribution is 2.08. The number of hydrogen-bond acceptors (Lipinski definition) is 2. The Morgan fingerprint density at radius 1 is 1.25 bits per heavy atom. The molecule has 0 aromatic heterocycles. The molecule has 0 saturated heterocycles. The second-order valence-electron chi connectivity index (χ2n) is 4.27. The van der Waals surface area contributed by atoms with Crippen LogP contribution in [-0.4, -0.2) is 52.6 Å². The van der Waals surface area contributed by atoms with Crippen LogP contribution in [0, 0.1) is 0 Å². The van der Waals surface area contributed by atoms with Gasteiger partial charge in [-0.1, -0.05) is 6.92 Å². The van der Waals surface area contributed by atoms with Crippen LogP contribution in [0.15, 0.2) is 0 Å². The summed E-state index contributed by atoms with van der Waals surface area (Å²) in [5.74, 6) is -0.981. The van der Waals surface area contributed by atoms with E-state index in [4.69, 9.17) is 5.11 Å². The molecule has 0 spiro atoms. The first kappa shape index (κ1) is 14.7. The van der Waals surface area contributed by atoms with E-state index in [1.54, 1.807) is 11.9 Å². The van der Waals surface area contributed by atoms with Gasteiger partial charge in [-0.3, -0.25) is 4.79 Å². The van der Waals surface area contributed by atoms with E-state index in [1.165, 1.54) is 4.90 Å². The van der Waals surface area contributed by atoms with Gasteiger partial charge in [-0.2, -0.15) is 0 Å². The van der Waals surface area contributed by atoms with E-state index in [2.05, 4.69) is 0 Å². The molecule has 16 heavy (non-hydrogen) atoms. The Morgan fingerprint density at radius 2 is 1.75 bits per heavy atom. The third kappa shape index (κ3) is 4.08. The molecule has 1 atom stereocenters. The van der Waals surface area contributed by atoms with Crippen molar-refractivity contribution in [2.24, 2.45) is 0 Å². The second kappa shape index (κ2) is 6.35.